The van der Waals surface area contributed by atoms with E-state index in [0.717, 1.165) is 22.8 Å². The van der Waals surface area contributed by atoms with Crippen LogP contribution in [0.5, 0.6) is 11.5 Å². The molecule has 4 aromatic carbocycles. The molecule has 3 nitrogen and oxygen atoms in total. The van der Waals surface area contributed by atoms with E-state index in [1.54, 1.807) is 0 Å². The molecule has 1 heterocycles. The van der Waals surface area contributed by atoms with Gasteiger partial charge in [0.15, 0.2) is 0 Å². The zero-order valence-electron chi connectivity index (χ0n) is 20.4. The standard InChI is InChI=1S/C31H30NO2P/c1-4-33-27-21-14-22-28(34-5-2)29(27)30-31(25-19-12-13-20-26(25)32(30)3)35(23-15-8-6-9-16-23)24-17-10-7-11-18-24/h6-22H,4-5H2,1-3H3. The molecule has 0 fully saturated rings. The zero-order valence-corrected chi connectivity index (χ0v) is 21.3. The molecule has 0 spiro atoms. The van der Waals surface area contributed by atoms with Crippen LogP contribution in [0.1, 0.15) is 13.8 Å². The molecule has 0 N–H and O–H groups in total. The predicted octanol–water partition coefficient (Wildman–Crippen LogP) is 6.40. The SMILES string of the molecule is CCOc1cccc(OCC)c1-c1c(P(c2ccccc2)c2ccccc2)c2ccccc2n1C. The van der Waals surface area contributed by atoms with E-state index >= 15 is 0 Å². The summed E-state index contributed by atoms with van der Waals surface area (Å²) in [4.78, 5) is 0. The fraction of sp³-hybridized carbons (Fsp3) is 0.161. The molecule has 0 radical (unpaired) electrons. The Morgan fingerprint density at radius 1 is 0.629 bits per heavy atom. The molecule has 0 amide bonds. The molecule has 0 saturated carbocycles. The molecule has 0 atom stereocenters. The van der Waals surface area contributed by atoms with Crippen molar-refractivity contribution in [2.24, 2.45) is 7.05 Å². The number of rotatable bonds is 8. The Balaban J connectivity index is 1.91. The van der Waals surface area contributed by atoms with Crippen LogP contribution in [0.25, 0.3) is 22.2 Å². The lowest BCUT2D eigenvalue weighted by atomic mass is 10.1. The summed E-state index contributed by atoms with van der Waals surface area (Å²) < 4.78 is 14.7. The second-order valence-electron chi connectivity index (χ2n) is 8.28. The van der Waals surface area contributed by atoms with Crippen molar-refractivity contribution in [1.82, 2.24) is 4.57 Å². The third-order valence-corrected chi connectivity index (χ3v) is 8.69. The monoisotopic (exact) mass is 479 g/mol. The first-order valence-electron chi connectivity index (χ1n) is 12.1. The molecule has 0 bridgehead atoms. The molecule has 0 aliphatic carbocycles. The molecule has 0 unspecified atom stereocenters. The molecule has 0 aliphatic rings. The van der Waals surface area contributed by atoms with Crippen LogP contribution in [0.4, 0.5) is 0 Å². The maximum Gasteiger partial charge on any atom is 0.132 e. The number of hydrogen-bond donors (Lipinski definition) is 0. The third kappa shape index (κ3) is 4.33. The molecule has 1 aromatic heterocycles. The maximum absolute atomic E-state index is 6.19. The number of benzene rings is 4. The second-order valence-corrected chi connectivity index (χ2v) is 10.4. The van der Waals surface area contributed by atoms with Gasteiger partial charge in [-0.3, -0.25) is 0 Å². The summed E-state index contributed by atoms with van der Waals surface area (Å²) in [5.74, 6) is 1.70. The first kappa shape index (κ1) is 23.2. The fourth-order valence-corrected chi connectivity index (χ4v) is 7.40. The minimum atomic E-state index is -0.845. The van der Waals surface area contributed by atoms with E-state index in [-0.39, 0.29) is 0 Å². The Hall–Kier alpha value is -3.55. The summed E-state index contributed by atoms with van der Waals surface area (Å²) in [6.45, 7) is 5.24. The average molecular weight is 480 g/mol. The van der Waals surface area contributed by atoms with Crippen LogP contribution in [0.15, 0.2) is 103 Å². The number of nitrogens with zero attached hydrogens (tertiary/aromatic N) is 1. The van der Waals surface area contributed by atoms with Crippen LogP contribution in [-0.4, -0.2) is 17.8 Å². The average Bonchev–Trinajstić information content (AvgIpc) is 3.18. The van der Waals surface area contributed by atoms with Crippen LogP contribution in [0.3, 0.4) is 0 Å². The van der Waals surface area contributed by atoms with Crippen molar-refractivity contribution in [1.29, 1.82) is 0 Å². The van der Waals surface area contributed by atoms with Gasteiger partial charge in [0.2, 0.25) is 0 Å². The molecular formula is C31H30NO2P. The highest BCUT2D eigenvalue weighted by Gasteiger charge is 2.29. The van der Waals surface area contributed by atoms with E-state index in [4.69, 9.17) is 9.47 Å². The van der Waals surface area contributed by atoms with E-state index in [1.807, 2.05) is 19.9 Å². The smallest absolute Gasteiger partial charge is 0.132 e. The van der Waals surface area contributed by atoms with Gasteiger partial charge in [0.1, 0.15) is 11.5 Å². The van der Waals surface area contributed by atoms with E-state index < -0.39 is 7.92 Å². The minimum absolute atomic E-state index is 0.591. The van der Waals surface area contributed by atoms with Gasteiger partial charge in [-0.25, -0.2) is 0 Å². The lowest BCUT2D eigenvalue weighted by molar-refractivity contribution is 0.325. The topological polar surface area (TPSA) is 23.4 Å². The summed E-state index contributed by atoms with van der Waals surface area (Å²) in [5, 5.41) is 5.22. The molecule has 4 heteroatoms. The number of para-hydroxylation sites is 1. The zero-order chi connectivity index (χ0) is 24.2. The normalized spacial score (nSPS) is 11.2. The highest BCUT2D eigenvalue weighted by Crippen LogP contribution is 2.46. The van der Waals surface area contributed by atoms with E-state index in [1.165, 1.54) is 26.8 Å². The maximum atomic E-state index is 6.19. The number of fused-ring (bicyclic) bond motifs is 1. The predicted molar refractivity (Wildman–Crippen MR) is 149 cm³/mol. The Kier molecular flexibility index (Phi) is 6.88. The van der Waals surface area contributed by atoms with Crippen molar-refractivity contribution in [2.75, 3.05) is 13.2 Å². The molecule has 35 heavy (non-hydrogen) atoms. The summed E-state index contributed by atoms with van der Waals surface area (Å²) in [6, 6.07) is 36.5. The molecular weight excluding hydrogens is 449 g/mol. The summed E-state index contributed by atoms with van der Waals surface area (Å²) in [7, 11) is 1.31. The highest BCUT2D eigenvalue weighted by atomic mass is 31.1. The lowest BCUT2D eigenvalue weighted by Gasteiger charge is -2.23. The van der Waals surface area contributed by atoms with Gasteiger partial charge in [-0.2, -0.15) is 0 Å². The summed E-state index contributed by atoms with van der Waals surface area (Å²) in [6.07, 6.45) is 0. The van der Waals surface area contributed by atoms with Gasteiger partial charge in [-0.1, -0.05) is 84.9 Å². The number of aryl methyl sites for hydroxylation is 1. The summed E-state index contributed by atoms with van der Waals surface area (Å²) in [5.41, 5.74) is 3.37. The van der Waals surface area contributed by atoms with Gasteiger partial charge in [0.25, 0.3) is 0 Å². The summed E-state index contributed by atoms with van der Waals surface area (Å²) >= 11 is 0. The minimum Gasteiger partial charge on any atom is -0.493 e. The highest BCUT2D eigenvalue weighted by molar-refractivity contribution is 7.80. The van der Waals surface area contributed by atoms with Crippen LogP contribution in [0, 0.1) is 0 Å². The molecule has 0 aliphatic heterocycles. The van der Waals surface area contributed by atoms with Crippen molar-refractivity contribution in [3.8, 4) is 22.8 Å². The van der Waals surface area contributed by atoms with Crippen LogP contribution in [-0.2, 0) is 7.05 Å². The van der Waals surface area contributed by atoms with Crippen molar-refractivity contribution < 1.29 is 9.47 Å². The number of ether oxygens (including phenoxy) is 2. The van der Waals surface area contributed by atoms with Crippen LogP contribution >= 0.6 is 7.92 Å². The fourth-order valence-electron chi connectivity index (χ4n) is 4.74. The largest absolute Gasteiger partial charge is 0.493 e. The van der Waals surface area contributed by atoms with Gasteiger partial charge < -0.3 is 14.0 Å². The first-order chi connectivity index (χ1) is 17.2. The van der Waals surface area contributed by atoms with Crippen LogP contribution in [0.2, 0.25) is 0 Å². The Labute approximate surface area is 208 Å². The lowest BCUT2D eigenvalue weighted by Crippen LogP contribution is -2.22. The van der Waals surface area contributed by atoms with Crippen molar-refractivity contribution in [3.63, 3.8) is 0 Å². The van der Waals surface area contributed by atoms with E-state index in [9.17, 15) is 0 Å². The third-order valence-electron chi connectivity index (χ3n) is 6.16. The first-order valence-corrected chi connectivity index (χ1v) is 13.4. The van der Waals surface area contributed by atoms with E-state index in [2.05, 4.69) is 109 Å². The Bertz CT molecular complexity index is 1360. The molecule has 5 rings (SSSR count). The van der Waals surface area contributed by atoms with Gasteiger partial charge >= 0.3 is 0 Å². The van der Waals surface area contributed by atoms with Gasteiger partial charge in [-0.05, 0) is 50.6 Å². The van der Waals surface area contributed by atoms with Crippen molar-refractivity contribution in [2.45, 2.75) is 13.8 Å². The number of aromatic nitrogens is 1. The van der Waals surface area contributed by atoms with Crippen molar-refractivity contribution >= 4 is 34.7 Å². The second kappa shape index (κ2) is 10.4. The van der Waals surface area contributed by atoms with E-state index in [0.29, 0.717) is 13.2 Å². The van der Waals surface area contributed by atoms with Gasteiger partial charge in [0.05, 0.1) is 24.5 Å². The molecule has 5 aromatic rings. The van der Waals surface area contributed by atoms with Gasteiger partial charge in [0, 0.05) is 23.3 Å². The van der Waals surface area contributed by atoms with Gasteiger partial charge in [-0.15, -0.1) is 0 Å². The van der Waals surface area contributed by atoms with Crippen LogP contribution < -0.4 is 25.4 Å². The van der Waals surface area contributed by atoms with Crippen molar-refractivity contribution in [3.05, 3.63) is 103 Å². The quantitative estimate of drug-likeness (QED) is 0.240. The molecule has 0 saturated heterocycles. The Morgan fingerprint density at radius 2 is 1.14 bits per heavy atom. The molecule has 176 valence electrons. The number of hydrogen-bond acceptors (Lipinski definition) is 2. The Morgan fingerprint density at radius 3 is 1.69 bits per heavy atom.